The van der Waals surface area contributed by atoms with Gasteiger partial charge in [0.2, 0.25) is 0 Å². The Morgan fingerprint density at radius 3 is 2.48 bits per heavy atom. The van der Waals surface area contributed by atoms with Crippen LogP contribution in [0.4, 0.5) is 0 Å². The third-order valence-electron chi connectivity index (χ3n) is 2.96. The molecule has 0 aliphatic carbocycles. The fourth-order valence-electron chi connectivity index (χ4n) is 1.98. The molecule has 0 heterocycles. The molecule has 0 spiro atoms. The Hall–Kier alpha value is -2.10. The molecule has 0 fully saturated rings. The molecule has 0 bridgehead atoms. The molecular weight excluding hydrogens is 268 g/mol. The van der Waals surface area contributed by atoms with E-state index in [0.717, 1.165) is 5.56 Å². The van der Waals surface area contributed by atoms with E-state index in [1.807, 2.05) is 36.4 Å². The van der Waals surface area contributed by atoms with E-state index in [1.165, 1.54) is 6.92 Å². The van der Waals surface area contributed by atoms with Crippen LogP contribution in [0.3, 0.4) is 0 Å². The van der Waals surface area contributed by atoms with Crippen molar-refractivity contribution in [3.8, 4) is 0 Å². The van der Waals surface area contributed by atoms with Crippen LogP contribution in [0.15, 0.2) is 42.5 Å². The van der Waals surface area contributed by atoms with Gasteiger partial charge in [0.25, 0.3) is 0 Å². The number of hydrogen-bond donors (Lipinski definition) is 0. The van der Waals surface area contributed by atoms with E-state index in [2.05, 4.69) is 0 Å². The lowest BCUT2D eigenvalue weighted by Crippen LogP contribution is -2.10. The zero-order chi connectivity index (χ0) is 15.5. The fraction of sp³-hybridized carbons (Fsp3) is 0.412. The summed E-state index contributed by atoms with van der Waals surface area (Å²) in [6.07, 6.45) is 4.77. The minimum atomic E-state index is -0.300. The first kappa shape index (κ1) is 17.0. The normalized spacial score (nSPS) is 12.1. The Morgan fingerprint density at radius 2 is 1.86 bits per heavy atom. The van der Waals surface area contributed by atoms with E-state index in [9.17, 15) is 9.59 Å². The van der Waals surface area contributed by atoms with Crippen LogP contribution in [0.2, 0.25) is 0 Å². The molecule has 114 valence electrons. The molecule has 0 unspecified atom stereocenters. The summed E-state index contributed by atoms with van der Waals surface area (Å²) in [4.78, 5) is 22.4. The number of esters is 2. The standard InChI is InChI=1S/C17H22O4/c1-3-20-17(19)13-16(15-9-5-4-6-10-15)11-7-8-12-21-14(2)18/h4-10,16H,3,11-13H2,1-2H3/b8-7-/t16-/m0/s1. The monoisotopic (exact) mass is 290 g/mol. The molecular formula is C17H22O4. The Balaban J connectivity index is 2.60. The van der Waals surface area contributed by atoms with Gasteiger partial charge in [0.05, 0.1) is 13.0 Å². The average Bonchev–Trinajstić information content (AvgIpc) is 2.46. The Labute approximate surface area is 125 Å². The van der Waals surface area contributed by atoms with Crippen LogP contribution in [0.25, 0.3) is 0 Å². The van der Waals surface area contributed by atoms with Gasteiger partial charge < -0.3 is 9.47 Å². The summed E-state index contributed by atoms with van der Waals surface area (Å²) >= 11 is 0. The molecule has 1 rings (SSSR count). The van der Waals surface area contributed by atoms with Gasteiger partial charge in [0.15, 0.2) is 0 Å². The number of benzene rings is 1. The van der Waals surface area contributed by atoms with Gasteiger partial charge in [-0.3, -0.25) is 9.59 Å². The molecule has 0 amide bonds. The minimum Gasteiger partial charge on any atom is -0.466 e. The maximum absolute atomic E-state index is 11.7. The van der Waals surface area contributed by atoms with Crippen molar-refractivity contribution in [3.63, 3.8) is 0 Å². The van der Waals surface area contributed by atoms with Crippen LogP contribution in [0, 0.1) is 0 Å². The van der Waals surface area contributed by atoms with Crippen LogP contribution < -0.4 is 0 Å². The molecule has 1 aromatic carbocycles. The van der Waals surface area contributed by atoms with Crippen molar-refractivity contribution in [2.45, 2.75) is 32.6 Å². The summed E-state index contributed by atoms with van der Waals surface area (Å²) in [5.41, 5.74) is 1.10. The van der Waals surface area contributed by atoms with Gasteiger partial charge in [-0.05, 0) is 24.8 Å². The van der Waals surface area contributed by atoms with Crippen molar-refractivity contribution in [1.29, 1.82) is 0 Å². The Kier molecular flexibility index (Phi) is 7.87. The van der Waals surface area contributed by atoms with Gasteiger partial charge in [-0.1, -0.05) is 42.5 Å². The number of allylic oxidation sites excluding steroid dienone is 1. The lowest BCUT2D eigenvalue weighted by atomic mass is 9.92. The number of rotatable bonds is 8. The quantitative estimate of drug-likeness (QED) is 0.545. The highest BCUT2D eigenvalue weighted by Gasteiger charge is 2.15. The van der Waals surface area contributed by atoms with E-state index in [0.29, 0.717) is 19.4 Å². The first-order chi connectivity index (χ1) is 10.1. The summed E-state index contributed by atoms with van der Waals surface area (Å²) in [5.74, 6) is -0.427. The van der Waals surface area contributed by atoms with Crippen LogP contribution in [0.1, 0.15) is 38.2 Å². The van der Waals surface area contributed by atoms with Crippen molar-refractivity contribution < 1.29 is 19.1 Å². The van der Waals surface area contributed by atoms with E-state index in [4.69, 9.17) is 9.47 Å². The molecule has 1 atom stereocenters. The second-order valence-electron chi connectivity index (χ2n) is 4.63. The second kappa shape index (κ2) is 9.75. The van der Waals surface area contributed by atoms with E-state index >= 15 is 0 Å². The highest BCUT2D eigenvalue weighted by Crippen LogP contribution is 2.24. The molecule has 4 nitrogen and oxygen atoms in total. The molecule has 0 aliphatic heterocycles. The van der Waals surface area contributed by atoms with E-state index in [-0.39, 0.29) is 24.5 Å². The predicted molar refractivity (Wildman–Crippen MR) is 80.8 cm³/mol. The summed E-state index contributed by atoms with van der Waals surface area (Å²) in [5, 5.41) is 0. The van der Waals surface area contributed by atoms with E-state index < -0.39 is 0 Å². The summed E-state index contributed by atoms with van der Waals surface area (Å²) in [7, 11) is 0. The second-order valence-corrected chi connectivity index (χ2v) is 4.63. The Morgan fingerprint density at radius 1 is 1.14 bits per heavy atom. The lowest BCUT2D eigenvalue weighted by molar-refractivity contribution is -0.143. The summed E-state index contributed by atoms with van der Waals surface area (Å²) < 4.78 is 9.85. The van der Waals surface area contributed by atoms with Crippen molar-refractivity contribution >= 4 is 11.9 Å². The topological polar surface area (TPSA) is 52.6 Å². The molecule has 0 saturated carbocycles. The van der Waals surface area contributed by atoms with Gasteiger partial charge in [0, 0.05) is 6.92 Å². The van der Waals surface area contributed by atoms with Gasteiger partial charge in [-0.2, -0.15) is 0 Å². The molecule has 4 heteroatoms. The van der Waals surface area contributed by atoms with Crippen LogP contribution in [0.5, 0.6) is 0 Å². The molecule has 0 aromatic heterocycles. The average molecular weight is 290 g/mol. The molecule has 0 saturated heterocycles. The van der Waals surface area contributed by atoms with Crippen molar-refractivity contribution in [1.82, 2.24) is 0 Å². The smallest absolute Gasteiger partial charge is 0.306 e. The largest absolute Gasteiger partial charge is 0.466 e. The maximum Gasteiger partial charge on any atom is 0.306 e. The first-order valence-corrected chi connectivity index (χ1v) is 7.12. The molecule has 21 heavy (non-hydrogen) atoms. The third-order valence-corrected chi connectivity index (χ3v) is 2.96. The number of ether oxygens (including phenoxy) is 2. The maximum atomic E-state index is 11.7. The number of carbonyl (C=O) groups excluding carboxylic acids is 2. The number of carbonyl (C=O) groups is 2. The summed E-state index contributed by atoms with van der Waals surface area (Å²) in [6, 6.07) is 9.86. The van der Waals surface area contributed by atoms with Gasteiger partial charge in [0.1, 0.15) is 6.61 Å². The van der Waals surface area contributed by atoms with Gasteiger partial charge in [-0.25, -0.2) is 0 Å². The Bertz CT molecular complexity index is 465. The van der Waals surface area contributed by atoms with Gasteiger partial charge >= 0.3 is 11.9 Å². The zero-order valence-electron chi connectivity index (χ0n) is 12.6. The zero-order valence-corrected chi connectivity index (χ0v) is 12.6. The highest BCUT2D eigenvalue weighted by atomic mass is 16.5. The summed E-state index contributed by atoms with van der Waals surface area (Å²) in [6.45, 7) is 3.83. The van der Waals surface area contributed by atoms with Crippen LogP contribution >= 0.6 is 0 Å². The number of hydrogen-bond acceptors (Lipinski definition) is 4. The molecule has 0 N–H and O–H groups in total. The fourth-order valence-corrected chi connectivity index (χ4v) is 1.98. The van der Waals surface area contributed by atoms with E-state index in [1.54, 1.807) is 13.0 Å². The van der Waals surface area contributed by atoms with Crippen molar-refractivity contribution in [3.05, 3.63) is 48.0 Å². The van der Waals surface area contributed by atoms with Gasteiger partial charge in [-0.15, -0.1) is 0 Å². The predicted octanol–water partition coefficient (Wildman–Crippen LogP) is 3.23. The first-order valence-electron chi connectivity index (χ1n) is 7.12. The minimum absolute atomic E-state index is 0.0684. The van der Waals surface area contributed by atoms with Crippen LogP contribution in [-0.4, -0.2) is 25.2 Å². The third kappa shape index (κ3) is 7.30. The molecule has 0 aliphatic rings. The van der Waals surface area contributed by atoms with Crippen molar-refractivity contribution in [2.75, 3.05) is 13.2 Å². The highest BCUT2D eigenvalue weighted by molar-refractivity contribution is 5.70. The van der Waals surface area contributed by atoms with Crippen LogP contribution in [-0.2, 0) is 19.1 Å². The molecule has 0 radical (unpaired) electrons. The molecule has 1 aromatic rings. The lowest BCUT2D eigenvalue weighted by Gasteiger charge is -2.14. The SMILES string of the molecule is CCOC(=O)C[C@H](C/C=C\COC(C)=O)c1ccccc1. The van der Waals surface area contributed by atoms with Crippen molar-refractivity contribution in [2.24, 2.45) is 0 Å².